The van der Waals surface area contributed by atoms with Gasteiger partial charge in [-0.05, 0) is 79.8 Å². The smallest absolute Gasteiger partial charge is 0.419 e. The van der Waals surface area contributed by atoms with Crippen LogP contribution in [0.2, 0.25) is 0 Å². The predicted molar refractivity (Wildman–Crippen MR) is 161 cm³/mol. The number of hydrogen-bond acceptors (Lipinski definition) is 5. The molecule has 5 atom stereocenters. The molecule has 3 N–H and O–H groups in total. The zero-order chi connectivity index (χ0) is 33.6. The third-order valence-corrected chi connectivity index (χ3v) is 9.84. The molecular formula is C34H35F4N3O6. The van der Waals surface area contributed by atoms with E-state index in [9.17, 15) is 41.8 Å². The first-order valence-corrected chi connectivity index (χ1v) is 15.7. The lowest BCUT2D eigenvalue weighted by Gasteiger charge is -2.30. The number of allylic oxidation sites excluding steroid dienone is 1. The Morgan fingerprint density at radius 2 is 1.77 bits per heavy atom. The van der Waals surface area contributed by atoms with E-state index in [1.807, 2.05) is 0 Å². The minimum atomic E-state index is -4.94. The van der Waals surface area contributed by atoms with E-state index >= 15 is 0 Å². The lowest BCUT2D eigenvalue weighted by atomic mass is 9.83. The van der Waals surface area contributed by atoms with Crippen molar-refractivity contribution in [2.45, 2.75) is 50.7 Å². The molecule has 3 saturated carbocycles. The predicted octanol–water partition coefficient (Wildman–Crippen LogP) is 5.06. The van der Waals surface area contributed by atoms with E-state index in [2.05, 4.69) is 16.7 Å². The number of benzene rings is 2. The van der Waals surface area contributed by atoms with Gasteiger partial charge >= 0.3 is 12.1 Å². The van der Waals surface area contributed by atoms with Crippen LogP contribution < -0.4 is 15.4 Å². The lowest BCUT2D eigenvalue weighted by Crippen LogP contribution is -2.48. The highest BCUT2D eigenvalue weighted by molar-refractivity contribution is 5.99. The van der Waals surface area contributed by atoms with Crippen molar-refractivity contribution in [3.8, 4) is 5.75 Å². The Morgan fingerprint density at radius 3 is 2.43 bits per heavy atom. The summed E-state index contributed by atoms with van der Waals surface area (Å²) in [6, 6.07) is 6.40. The number of alkyl halides is 3. The average Bonchev–Trinajstić information content (AvgIpc) is 3.42. The molecule has 2 aromatic rings. The number of likely N-dealkylation sites (tertiary alicyclic amines) is 1. The molecule has 0 radical (unpaired) electrons. The molecule has 2 aromatic carbocycles. The van der Waals surface area contributed by atoms with Crippen molar-refractivity contribution in [3.63, 3.8) is 0 Å². The Hall–Kier alpha value is -4.42. The standard InChI is InChI=1S/C34H35F4N3O6/c1-47-27-9-4-18(14-28(42)41-11-10-19(16-41)33(45)46)13-24(27)31(43)40-30-22-7-6-21(23(22)12-17-2-3-17)29(30)32(44)39-20-5-8-26(35)25(15-20)34(36,37)38/h4-5,8-9,12-13,15,17,19,21-22,29-30H,2-3,6-7,10-11,14,16H2,1H3,(H,39,44)(H,40,43)(H,45,46)/b23-12-/t19?,21-,22+,29-,30+/m0/s1. The van der Waals surface area contributed by atoms with E-state index in [0.29, 0.717) is 43.0 Å². The second kappa shape index (κ2) is 12.6. The molecule has 3 aliphatic carbocycles. The van der Waals surface area contributed by atoms with Crippen LogP contribution in [0, 0.1) is 35.4 Å². The largest absolute Gasteiger partial charge is 0.496 e. The van der Waals surface area contributed by atoms with Gasteiger partial charge in [-0.25, -0.2) is 4.39 Å². The van der Waals surface area contributed by atoms with Gasteiger partial charge in [-0.3, -0.25) is 19.2 Å². The summed E-state index contributed by atoms with van der Waals surface area (Å²) in [5.41, 5.74) is 0.0543. The SMILES string of the molecule is COc1ccc(CC(=O)N2CCC(C(=O)O)C2)cc1C(=O)N[C@H]1[C@@H](C(=O)Nc2ccc(F)c(C(F)(F)F)c2)[C@H]2CC[C@@H]1/C2=C\C1CC1. The van der Waals surface area contributed by atoms with Crippen LogP contribution >= 0.6 is 0 Å². The molecule has 47 heavy (non-hydrogen) atoms. The van der Waals surface area contributed by atoms with Gasteiger partial charge < -0.3 is 25.4 Å². The minimum absolute atomic E-state index is 0.0539. The highest BCUT2D eigenvalue weighted by Crippen LogP contribution is 2.54. The molecule has 250 valence electrons. The van der Waals surface area contributed by atoms with Gasteiger partial charge in [-0.2, -0.15) is 13.2 Å². The molecule has 13 heteroatoms. The number of carbonyl (C=O) groups is 4. The monoisotopic (exact) mass is 657 g/mol. The number of hydrogen-bond donors (Lipinski definition) is 3. The number of carbonyl (C=O) groups excluding carboxylic acids is 3. The maximum absolute atomic E-state index is 13.9. The molecule has 1 heterocycles. The molecule has 0 aromatic heterocycles. The molecule has 0 spiro atoms. The quantitative estimate of drug-likeness (QED) is 0.256. The lowest BCUT2D eigenvalue weighted by molar-refractivity contribution is -0.142. The number of amides is 3. The van der Waals surface area contributed by atoms with Crippen LogP contribution in [0.1, 0.15) is 53.6 Å². The first-order valence-electron chi connectivity index (χ1n) is 15.7. The number of halogens is 4. The maximum Gasteiger partial charge on any atom is 0.419 e. The van der Waals surface area contributed by atoms with E-state index < -0.39 is 53.2 Å². The van der Waals surface area contributed by atoms with Crippen molar-refractivity contribution < 1.29 is 46.6 Å². The number of carboxylic acid groups (broad SMARTS) is 1. The number of carboxylic acids is 1. The fourth-order valence-electron chi connectivity index (χ4n) is 7.35. The van der Waals surface area contributed by atoms with Gasteiger partial charge in [-0.1, -0.05) is 17.7 Å². The number of methoxy groups -OCH3 is 1. The van der Waals surface area contributed by atoms with Crippen molar-refractivity contribution >= 4 is 29.4 Å². The summed E-state index contributed by atoms with van der Waals surface area (Å²) in [5, 5.41) is 14.8. The maximum atomic E-state index is 13.9. The summed E-state index contributed by atoms with van der Waals surface area (Å²) in [4.78, 5) is 53.4. The fraction of sp³-hybridized carbons (Fsp3) is 0.471. The Labute approximate surface area is 268 Å². The van der Waals surface area contributed by atoms with Crippen LogP contribution in [-0.4, -0.2) is 59.9 Å². The number of nitrogens with zero attached hydrogens (tertiary/aromatic N) is 1. The van der Waals surface area contributed by atoms with Crippen molar-refractivity contribution in [3.05, 3.63) is 70.6 Å². The van der Waals surface area contributed by atoms with E-state index in [1.54, 1.807) is 12.1 Å². The first kappa shape index (κ1) is 32.5. The third-order valence-electron chi connectivity index (χ3n) is 9.84. The van der Waals surface area contributed by atoms with Crippen LogP contribution in [0.25, 0.3) is 0 Å². The number of ether oxygens (including phenoxy) is 1. The number of aliphatic carboxylic acids is 1. The summed E-state index contributed by atoms with van der Waals surface area (Å²) >= 11 is 0. The van der Waals surface area contributed by atoms with E-state index in [1.165, 1.54) is 18.1 Å². The summed E-state index contributed by atoms with van der Waals surface area (Å²) in [6.07, 6.45) is 1.03. The first-order chi connectivity index (χ1) is 22.3. The second-order valence-electron chi connectivity index (χ2n) is 12.9. The zero-order valence-electron chi connectivity index (χ0n) is 25.6. The minimum Gasteiger partial charge on any atom is -0.496 e. The van der Waals surface area contributed by atoms with Crippen LogP contribution in [0.15, 0.2) is 48.0 Å². The van der Waals surface area contributed by atoms with Gasteiger partial charge in [0.05, 0.1) is 36.5 Å². The summed E-state index contributed by atoms with van der Waals surface area (Å²) in [7, 11) is 1.40. The average molecular weight is 658 g/mol. The fourth-order valence-corrected chi connectivity index (χ4v) is 7.35. The summed E-state index contributed by atoms with van der Waals surface area (Å²) < 4.78 is 59.4. The van der Waals surface area contributed by atoms with Gasteiger partial charge in [0, 0.05) is 30.7 Å². The van der Waals surface area contributed by atoms with Gasteiger partial charge in [0.1, 0.15) is 11.6 Å². The van der Waals surface area contributed by atoms with E-state index in [4.69, 9.17) is 4.74 Å². The van der Waals surface area contributed by atoms with Crippen LogP contribution in [0.3, 0.4) is 0 Å². The van der Waals surface area contributed by atoms with Crippen molar-refractivity contribution in [2.24, 2.45) is 29.6 Å². The molecule has 9 nitrogen and oxygen atoms in total. The molecule has 1 aliphatic heterocycles. The third kappa shape index (κ3) is 6.70. The Kier molecular flexibility index (Phi) is 8.75. The van der Waals surface area contributed by atoms with Crippen LogP contribution in [-0.2, 0) is 27.0 Å². The van der Waals surface area contributed by atoms with Crippen molar-refractivity contribution in [1.82, 2.24) is 10.2 Å². The molecule has 6 rings (SSSR count). The molecule has 2 bridgehead atoms. The zero-order valence-corrected chi connectivity index (χ0v) is 25.6. The Morgan fingerprint density at radius 1 is 1.02 bits per heavy atom. The number of nitrogens with one attached hydrogen (secondary N) is 2. The molecular weight excluding hydrogens is 622 g/mol. The Bertz CT molecular complexity index is 1640. The highest BCUT2D eigenvalue weighted by atomic mass is 19.4. The van der Waals surface area contributed by atoms with E-state index in [-0.39, 0.29) is 47.7 Å². The Balaban J connectivity index is 1.23. The summed E-state index contributed by atoms with van der Waals surface area (Å²) in [5.74, 6) is -4.88. The highest BCUT2D eigenvalue weighted by Gasteiger charge is 2.55. The number of anilines is 1. The molecule has 4 fully saturated rings. The topological polar surface area (TPSA) is 125 Å². The van der Waals surface area contributed by atoms with E-state index in [0.717, 1.165) is 30.9 Å². The van der Waals surface area contributed by atoms with Gasteiger partial charge in [-0.15, -0.1) is 0 Å². The van der Waals surface area contributed by atoms with Crippen LogP contribution in [0.5, 0.6) is 5.75 Å². The normalized spacial score (nSPS) is 26.0. The molecule has 1 unspecified atom stereocenters. The molecule has 3 amide bonds. The number of fused-ring (bicyclic) bond motifs is 2. The molecule has 1 saturated heterocycles. The number of rotatable bonds is 9. The second-order valence-corrected chi connectivity index (χ2v) is 12.9. The summed E-state index contributed by atoms with van der Waals surface area (Å²) in [6.45, 7) is 0.455. The van der Waals surface area contributed by atoms with Gasteiger partial charge in [0.15, 0.2) is 0 Å². The molecule has 4 aliphatic rings. The van der Waals surface area contributed by atoms with Gasteiger partial charge in [0.2, 0.25) is 11.8 Å². The van der Waals surface area contributed by atoms with Crippen molar-refractivity contribution in [2.75, 3.05) is 25.5 Å². The van der Waals surface area contributed by atoms with Crippen LogP contribution in [0.4, 0.5) is 23.2 Å². The van der Waals surface area contributed by atoms with Crippen molar-refractivity contribution in [1.29, 1.82) is 0 Å². The van der Waals surface area contributed by atoms with Gasteiger partial charge in [0.25, 0.3) is 5.91 Å².